The van der Waals surface area contributed by atoms with Gasteiger partial charge in [0.2, 0.25) is 0 Å². The largest absolute Gasteiger partial charge is 0.381 e. The molecule has 0 spiro atoms. The Bertz CT molecular complexity index is 233. The Morgan fingerprint density at radius 3 is 2.53 bits per heavy atom. The van der Waals surface area contributed by atoms with E-state index in [1.165, 1.54) is 38.5 Å². The molecule has 0 amide bonds. The van der Waals surface area contributed by atoms with Gasteiger partial charge in [0, 0.05) is 25.3 Å². The van der Waals surface area contributed by atoms with Crippen LogP contribution in [0.2, 0.25) is 0 Å². The van der Waals surface area contributed by atoms with Crippen LogP contribution < -0.4 is 5.32 Å². The number of rotatable bonds is 3. The first-order valence-corrected chi connectivity index (χ1v) is 7.41. The van der Waals surface area contributed by atoms with Gasteiger partial charge in [0.25, 0.3) is 0 Å². The lowest BCUT2D eigenvalue weighted by atomic mass is 9.75. The molecule has 0 bridgehead atoms. The highest BCUT2D eigenvalue weighted by Gasteiger charge is 2.30. The van der Waals surface area contributed by atoms with Gasteiger partial charge in [-0.1, -0.05) is 20.3 Å². The molecule has 17 heavy (non-hydrogen) atoms. The second-order valence-electron chi connectivity index (χ2n) is 6.86. The molecule has 2 rings (SSSR count). The van der Waals surface area contributed by atoms with Crippen molar-refractivity contribution in [1.29, 1.82) is 0 Å². The van der Waals surface area contributed by atoms with Crippen molar-refractivity contribution < 1.29 is 4.74 Å². The molecular weight excluding hydrogens is 210 g/mol. The van der Waals surface area contributed by atoms with E-state index in [-0.39, 0.29) is 0 Å². The molecule has 2 heteroatoms. The highest BCUT2D eigenvalue weighted by Crippen LogP contribution is 2.35. The van der Waals surface area contributed by atoms with E-state index in [9.17, 15) is 0 Å². The quantitative estimate of drug-likeness (QED) is 0.815. The summed E-state index contributed by atoms with van der Waals surface area (Å²) in [5, 5.41) is 3.89. The van der Waals surface area contributed by atoms with Crippen LogP contribution in [-0.4, -0.2) is 25.3 Å². The molecule has 0 aromatic heterocycles. The Hall–Kier alpha value is -0.0800. The smallest absolute Gasteiger partial charge is 0.0469 e. The predicted octanol–water partition coefficient (Wildman–Crippen LogP) is 3.36. The third-order valence-electron chi connectivity index (χ3n) is 4.68. The Balaban J connectivity index is 1.79. The van der Waals surface area contributed by atoms with E-state index in [0.717, 1.165) is 25.2 Å². The Labute approximate surface area is 107 Å². The highest BCUT2D eigenvalue weighted by atomic mass is 16.5. The summed E-state index contributed by atoms with van der Waals surface area (Å²) in [7, 11) is 0. The van der Waals surface area contributed by atoms with Gasteiger partial charge in [-0.3, -0.25) is 0 Å². The summed E-state index contributed by atoms with van der Waals surface area (Å²) in [6.45, 7) is 9.14. The summed E-state index contributed by atoms with van der Waals surface area (Å²) >= 11 is 0. The number of hydrogen-bond donors (Lipinski definition) is 1. The van der Waals surface area contributed by atoms with E-state index in [4.69, 9.17) is 4.74 Å². The maximum atomic E-state index is 5.45. The van der Waals surface area contributed by atoms with E-state index in [2.05, 4.69) is 26.1 Å². The zero-order valence-electron chi connectivity index (χ0n) is 11.8. The molecule has 0 radical (unpaired) electrons. The normalized spacial score (nSPS) is 32.3. The van der Waals surface area contributed by atoms with E-state index < -0.39 is 0 Å². The fourth-order valence-electron chi connectivity index (χ4n) is 3.56. The van der Waals surface area contributed by atoms with Crippen molar-refractivity contribution in [2.45, 2.75) is 71.4 Å². The molecular formula is C15H29NO. The third-order valence-corrected chi connectivity index (χ3v) is 4.68. The molecule has 100 valence electrons. The minimum atomic E-state index is 0.547. The molecule has 2 aliphatic rings. The van der Waals surface area contributed by atoms with Gasteiger partial charge in [0.15, 0.2) is 0 Å². The zero-order chi connectivity index (χ0) is 12.3. The van der Waals surface area contributed by atoms with Crippen molar-refractivity contribution in [1.82, 2.24) is 5.32 Å². The molecule has 1 saturated carbocycles. The summed E-state index contributed by atoms with van der Waals surface area (Å²) in [6.07, 6.45) is 7.99. The van der Waals surface area contributed by atoms with E-state index in [1.54, 1.807) is 0 Å². The van der Waals surface area contributed by atoms with Crippen LogP contribution in [0.1, 0.15) is 59.3 Å². The lowest BCUT2D eigenvalue weighted by Crippen LogP contribution is -2.45. The maximum absolute atomic E-state index is 5.45. The standard InChI is InChI=1S/C15H29NO/c1-12(13-6-9-17-10-7-13)16-14-5-4-8-15(2,3)11-14/h12-14,16H,4-11H2,1-3H3. The third kappa shape index (κ3) is 3.96. The predicted molar refractivity (Wildman–Crippen MR) is 72.2 cm³/mol. The molecule has 0 aromatic rings. The van der Waals surface area contributed by atoms with Gasteiger partial charge in [-0.25, -0.2) is 0 Å². The number of nitrogens with one attached hydrogen (secondary N) is 1. The minimum Gasteiger partial charge on any atom is -0.381 e. The molecule has 1 heterocycles. The van der Waals surface area contributed by atoms with Gasteiger partial charge in [0.05, 0.1) is 0 Å². The molecule has 2 unspecified atom stereocenters. The second-order valence-corrected chi connectivity index (χ2v) is 6.86. The number of hydrogen-bond acceptors (Lipinski definition) is 2. The first-order valence-electron chi connectivity index (χ1n) is 7.41. The van der Waals surface area contributed by atoms with Gasteiger partial charge in [-0.2, -0.15) is 0 Å². The van der Waals surface area contributed by atoms with Crippen LogP contribution in [-0.2, 0) is 4.74 Å². The molecule has 1 aliphatic carbocycles. The van der Waals surface area contributed by atoms with E-state index >= 15 is 0 Å². The van der Waals surface area contributed by atoms with Gasteiger partial charge in [-0.05, 0) is 50.4 Å². The minimum absolute atomic E-state index is 0.547. The van der Waals surface area contributed by atoms with Crippen LogP contribution in [0.5, 0.6) is 0 Å². The van der Waals surface area contributed by atoms with Crippen LogP contribution in [0.25, 0.3) is 0 Å². The van der Waals surface area contributed by atoms with Crippen molar-refractivity contribution >= 4 is 0 Å². The van der Waals surface area contributed by atoms with Gasteiger partial charge in [-0.15, -0.1) is 0 Å². The summed E-state index contributed by atoms with van der Waals surface area (Å²) in [4.78, 5) is 0. The van der Waals surface area contributed by atoms with Crippen molar-refractivity contribution in [3.8, 4) is 0 Å². The average Bonchev–Trinajstić information content (AvgIpc) is 2.29. The second kappa shape index (κ2) is 5.71. The lowest BCUT2D eigenvalue weighted by Gasteiger charge is -2.39. The summed E-state index contributed by atoms with van der Waals surface area (Å²) in [6, 6.07) is 1.41. The SMILES string of the molecule is CC(NC1CCCC(C)(C)C1)C1CCOCC1. The summed E-state index contributed by atoms with van der Waals surface area (Å²) in [5.41, 5.74) is 0.547. The first kappa shape index (κ1) is 13.4. The fraction of sp³-hybridized carbons (Fsp3) is 1.00. The molecule has 2 fully saturated rings. The van der Waals surface area contributed by atoms with Crippen LogP contribution in [0, 0.1) is 11.3 Å². The maximum Gasteiger partial charge on any atom is 0.0469 e. The lowest BCUT2D eigenvalue weighted by molar-refractivity contribution is 0.0517. The molecule has 2 atom stereocenters. The van der Waals surface area contributed by atoms with Crippen molar-refractivity contribution in [2.75, 3.05) is 13.2 Å². The van der Waals surface area contributed by atoms with E-state index in [1.807, 2.05) is 0 Å². The van der Waals surface area contributed by atoms with Crippen LogP contribution in [0.4, 0.5) is 0 Å². The molecule has 0 aromatic carbocycles. The average molecular weight is 239 g/mol. The molecule has 2 nitrogen and oxygen atoms in total. The van der Waals surface area contributed by atoms with Crippen molar-refractivity contribution in [2.24, 2.45) is 11.3 Å². The zero-order valence-corrected chi connectivity index (χ0v) is 11.8. The summed E-state index contributed by atoms with van der Waals surface area (Å²) < 4.78 is 5.45. The Kier molecular flexibility index (Phi) is 4.48. The Morgan fingerprint density at radius 2 is 1.88 bits per heavy atom. The molecule has 1 N–H and O–H groups in total. The monoisotopic (exact) mass is 239 g/mol. The first-order chi connectivity index (χ1) is 8.07. The topological polar surface area (TPSA) is 21.3 Å². The van der Waals surface area contributed by atoms with Crippen molar-refractivity contribution in [3.05, 3.63) is 0 Å². The van der Waals surface area contributed by atoms with Crippen LogP contribution >= 0.6 is 0 Å². The van der Waals surface area contributed by atoms with Crippen molar-refractivity contribution in [3.63, 3.8) is 0 Å². The van der Waals surface area contributed by atoms with Gasteiger partial charge < -0.3 is 10.1 Å². The van der Waals surface area contributed by atoms with Gasteiger partial charge >= 0.3 is 0 Å². The van der Waals surface area contributed by atoms with Gasteiger partial charge in [0.1, 0.15) is 0 Å². The van der Waals surface area contributed by atoms with E-state index in [0.29, 0.717) is 11.5 Å². The molecule has 1 aliphatic heterocycles. The van der Waals surface area contributed by atoms with Crippen LogP contribution in [0.3, 0.4) is 0 Å². The Morgan fingerprint density at radius 1 is 1.18 bits per heavy atom. The highest BCUT2D eigenvalue weighted by molar-refractivity contribution is 4.86. The van der Waals surface area contributed by atoms with Crippen LogP contribution in [0.15, 0.2) is 0 Å². The fourth-order valence-corrected chi connectivity index (χ4v) is 3.56. The number of ether oxygens (including phenoxy) is 1. The molecule has 1 saturated heterocycles. The summed E-state index contributed by atoms with van der Waals surface area (Å²) in [5.74, 6) is 0.828.